The van der Waals surface area contributed by atoms with Crippen molar-refractivity contribution in [2.75, 3.05) is 26.4 Å². The van der Waals surface area contributed by atoms with Gasteiger partial charge in [0.05, 0.1) is 17.3 Å². The molecule has 0 bridgehead atoms. The first-order valence-electron chi connectivity index (χ1n) is 8.25. The van der Waals surface area contributed by atoms with Gasteiger partial charge >= 0.3 is 0 Å². The molecule has 0 unspecified atom stereocenters. The molecular weight excluding hydrogens is 318 g/mol. The Morgan fingerprint density at radius 1 is 1.29 bits per heavy atom. The number of rotatable bonds is 1. The van der Waals surface area contributed by atoms with Crippen molar-refractivity contribution < 1.29 is 4.74 Å². The van der Waals surface area contributed by atoms with Crippen molar-refractivity contribution in [1.82, 2.24) is 9.88 Å². The Kier molecular flexibility index (Phi) is 2.94. The van der Waals surface area contributed by atoms with Crippen LogP contribution < -0.4 is 10.5 Å². The number of benzene rings is 2. The third-order valence-corrected chi connectivity index (χ3v) is 6.27. The number of likely N-dealkylation sites (N-methyl/N-ethyl adjacent to an activating group) is 1. The third kappa shape index (κ3) is 1.85. The van der Waals surface area contributed by atoms with E-state index in [2.05, 4.69) is 41.2 Å². The van der Waals surface area contributed by atoms with Crippen LogP contribution in [0.25, 0.3) is 21.3 Å². The molecule has 2 N–H and O–H groups in total. The number of ether oxygens (including phenoxy) is 1. The van der Waals surface area contributed by atoms with Crippen LogP contribution >= 0.6 is 11.3 Å². The van der Waals surface area contributed by atoms with Crippen molar-refractivity contribution in [2.45, 2.75) is 18.9 Å². The molecule has 0 saturated carbocycles. The lowest BCUT2D eigenvalue weighted by atomic mass is 9.77. The number of hydrogen-bond donors (Lipinski definition) is 1. The standard InChI is InChI=1S/C19H19N3OS/c1-22-6-5-11-7-12(23-2)9-13-16(11)14(22)8-10-3-4-15-18(17(10)13)21-19(20)24-15/h3-4,7,9,14H,5-6,8H2,1-2H3,(H2,20,21)/t14-/m1/s1. The van der Waals surface area contributed by atoms with Gasteiger partial charge in [-0.25, -0.2) is 4.98 Å². The van der Waals surface area contributed by atoms with E-state index in [1.807, 2.05) is 0 Å². The maximum atomic E-state index is 5.99. The van der Waals surface area contributed by atoms with Gasteiger partial charge in [0.25, 0.3) is 0 Å². The minimum atomic E-state index is 0.440. The molecule has 0 radical (unpaired) electrons. The normalized spacial score (nSPS) is 19.2. The number of nitrogens with two attached hydrogens (primary N) is 1. The van der Waals surface area contributed by atoms with Crippen LogP contribution in [0.2, 0.25) is 0 Å². The lowest BCUT2D eigenvalue weighted by Gasteiger charge is -2.40. The molecule has 1 atom stereocenters. The van der Waals surface area contributed by atoms with Crippen molar-refractivity contribution in [1.29, 1.82) is 0 Å². The Bertz CT molecular complexity index is 978. The summed E-state index contributed by atoms with van der Waals surface area (Å²) in [7, 11) is 3.97. The van der Waals surface area contributed by atoms with E-state index in [4.69, 9.17) is 10.5 Å². The first-order valence-corrected chi connectivity index (χ1v) is 9.06. The van der Waals surface area contributed by atoms with Crippen LogP contribution in [-0.4, -0.2) is 30.6 Å². The summed E-state index contributed by atoms with van der Waals surface area (Å²) in [5.41, 5.74) is 13.8. The van der Waals surface area contributed by atoms with Crippen molar-refractivity contribution >= 4 is 26.7 Å². The van der Waals surface area contributed by atoms with E-state index in [-0.39, 0.29) is 0 Å². The van der Waals surface area contributed by atoms with Crippen LogP contribution in [0.3, 0.4) is 0 Å². The van der Waals surface area contributed by atoms with E-state index in [9.17, 15) is 0 Å². The predicted molar refractivity (Wildman–Crippen MR) is 98.8 cm³/mol. The van der Waals surface area contributed by atoms with E-state index >= 15 is 0 Å². The average Bonchev–Trinajstić information content (AvgIpc) is 2.97. The van der Waals surface area contributed by atoms with Gasteiger partial charge in [-0.15, -0.1) is 0 Å². The number of anilines is 1. The Labute approximate surface area is 144 Å². The molecule has 2 heterocycles. The minimum absolute atomic E-state index is 0.440. The fourth-order valence-electron chi connectivity index (χ4n) is 4.27. The molecule has 0 saturated heterocycles. The van der Waals surface area contributed by atoms with Gasteiger partial charge in [0.15, 0.2) is 5.13 Å². The second kappa shape index (κ2) is 4.94. The number of nitrogens with zero attached hydrogens (tertiary/aromatic N) is 2. The summed E-state index contributed by atoms with van der Waals surface area (Å²) in [6.07, 6.45) is 2.10. The summed E-state index contributed by atoms with van der Waals surface area (Å²) in [4.78, 5) is 7.11. The van der Waals surface area contributed by atoms with Gasteiger partial charge in [-0.2, -0.15) is 0 Å². The van der Waals surface area contributed by atoms with Crippen molar-refractivity contribution in [3.8, 4) is 16.9 Å². The maximum Gasteiger partial charge on any atom is 0.181 e. The van der Waals surface area contributed by atoms with Crippen LogP contribution in [-0.2, 0) is 12.8 Å². The highest BCUT2D eigenvalue weighted by atomic mass is 32.1. The molecule has 4 nitrogen and oxygen atoms in total. The van der Waals surface area contributed by atoms with Gasteiger partial charge < -0.3 is 10.5 Å². The van der Waals surface area contributed by atoms with Gasteiger partial charge in [-0.3, -0.25) is 4.90 Å². The second-order valence-corrected chi connectivity index (χ2v) is 7.76. The maximum absolute atomic E-state index is 5.99. The SMILES string of the molecule is COc1cc2c3c(c1)-c1c(ccc4sc(N)nc14)C[C@H]3N(C)CC2. The van der Waals surface area contributed by atoms with Gasteiger partial charge in [0.1, 0.15) is 5.75 Å². The highest BCUT2D eigenvalue weighted by Crippen LogP contribution is 2.49. The van der Waals surface area contributed by atoms with Gasteiger partial charge in [0, 0.05) is 18.2 Å². The number of hydrogen-bond acceptors (Lipinski definition) is 5. The molecule has 1 aromatic heterocycles. The van der Waals surface area contributed by atoms with Crippen molar-refractivity contribution in [3.63, 3.8) is 0 Å². The fourth-order valence-corrected chi connectivity index (χ4v) is 5.01. The van der Waals surface area contributed by atoms with Crippen LogP contribution in [0.4, 0.5) is 5.13 Å². The molecule has 122 valence electrons. The summed E-state index contributed by atoms with van der Waals surface area (Å²) in [6, 6.07) is 9.24. The smallest absolute Gasteiger partial charge is 0.181 e. The van der Waals surface area contributed by atoms with Gasteiger partial charge in [-0.05, 0) is 60.3 Å². The summed E-state index contributed by atoms with van der Waals surface area (Å²) in [5, 5.41) is 0.634. The predicted octanol–water partition coefficient (Wildman–Crippen LogP) is 3.64. The number of nitrogen functional groups attached to an aromatic ring is 1. The second-order valence-electron chi connectivity index (χ2n) is 6.70. The Morgan fingerprint density at radius 2 is 2.17 bits per heavy atom. The Balaban J connectivity index is 1.89. The van der Waals surface area contributed by atoms with Crippen molar-refractivity contribution in [3.05, 3.63) is 41.0 Å². The van der Waals surface area contributed by atoms with Gasteiger partial charge in [0.2, 0.25) is 0 Å². The molecule has 2 aromatic carbocycles. The topological polar surface area (TPSA) is 51.4 Å². The zero-order chi connectivity index (χ0) is 16.4. The zero-order valence-electron chi connectivity index (χ0n) is 13.8. The van der Waals surface area contributed by atoms with E-state index in [0.29, 0.717) is 11.2 Å². The summed E-state index contributed by atoms with van der Waals surface area (Å²) in [5.74, 6) is 0.931. The third-order valence-electron chi connectivity index (χ3n) is 5.42. The number of thiazole rings is 1. The Hall–Kier alpha value is -2.11. The molecule has 0 fully saturated rings. The largest absolute Gasteiger partial charge is 0.497 e. The quantitative estimate of drug-likeness (QED) is 0.736. The van der Waals surface area contributed by atoms with Crippen LogP contribution in [0.5, 0.6) is 5.75 Å². The molecule has 0 spiro atoms. The molecule has 24 heavy (non-hydrogen) atoms. The summed E-state index contributed by atoms with van der Waals surface area (Å²) < 4.78 is 6.74. The molecule has 3 aromatic rings. The Morgan fingerprint density at radius 3 is 3.00 bits per heavy atom. The summed E-state index contributed by atoms with van der Waals surface area (Å²) in [6.45, 7) is 1.09. The van der Waals surface area contributed by atoms with Gasteiger partial charge in [-0.1, -0.05) is 17.4 Å². The number of methoxy groups -OCH3 is 1. The molecular formula is C19H19N3OS. The monoisotopic (exact) mass is 337 g/mol. The molecule has 5 rings (SSSR count). The molecule has 0 amide bonds. The van der Waals surface area contributed by atoms with Crippen LogP contribution in [0, 0.1) is 0 Å². The van der Waals surface area contributed by atoms with Crippen molar-refractivity contribution in [2.24, 2.45) is 0 Å². The zero-order valence-corrected chi connectivity index (χ0v) is 14.6. The molecule has 1 aliphatic heterocycles. The van der Waals surface area contributed by atoms with E-state index in [1.165, 1.54) is 27.8 Å². The van der Waals surface area contributed by atoms with Crippen LogP contribution in [0.15, 0.2) is 24.3 Å². The van der Waals surface area contributed by atoms with E-state index < -0.39 is 0 Å². The number of fused-ring (bicyclic) bond motifs is 4. The number of aromatic nitrogens is 1. The highest BCUT2D eigenvalue weighted by Gasteiger charge is 2.34. The molecule has 2 aliphatic rings. The minimum Gasteiger partial charge on any atom is -0.497 e. The first kappa shape index (κ1) is 14.3. The fraction of sp³-hybridized carbons (Fsp3) is 0.316. The molecule has 5 heteroatoms. The first-order chi connectivity index (χ1) is 11.7. The van der Waals surface area contributed by atoms with Crippen LogP contribution in [0.1, 0.15) is 22.7 Å². The van der Waals surface area contributed by atoms with E-state index in [0.717, 1.165) is 35.4 Å². The summed E-state index contributed by atoms with van der Waals surface area (Å²) >= 11 is 1.56. The lowest BCUT2D eigenvalue weighted by Crippen LogP contribution is -2.35. The lowest BCUT2D eigenvalue weighted by molar-refractivity contribution is 0.228. The average molecular weight is 337 g/mol. The molecule has 1 aliphatic carbocycles. The van der Waals surface area contributed by atoms with E-state index in [1.54, 1.807) is 18.4 Å². The highest BCUT2D eigenvalue weighted by molar-refractivity contribution is 7.22.